The standard InChI is InChI=1S/C20H26N4O.HI/c1-14-8-7-11-22-17(14)13-23-19(21-4)24-16-12-20(2,3)25-18-10-6-5-9-15(16)18;/h5-11,16H,12-13H2,1-4H3,(H2,21,23,24);1H. The Morgan fingerprint density at radius 1 is 1.27 bits per heavy atom. The van der Waals surface area contributed by atoms with E-state index in [9.17, 15) is 0 Å². The fourth-order valence-electron chi connectivity index (χ4n) is 3.16. The van der Waals surface area contributed by atoms with Gasteiger partial charge in [0.25, 0.3) is 0 Å². The van der Waals surface area contributed by atoms with Gasteiger partial charge in [-0.25, -0.2) is 0 Å². The van der Waals surface area contributed by atoms with E-state index in [0.717, 1.165) is 23.8 Å². The van der Waals surface area contributed by atoms with Crippen molar-refractivity contribution in [2.75, 3.05) is 7.05 Å². The molecule has 0 amide bonds. The van der Waals surface area contributed by atoms with E-state index in [0.29, 0.717) is 6.54 Å². The molecule has 0 radical (unpaired) electrons. The minimum Gasteiger partial charge on any atom is -0.487 e. The van der Waals surface area contributed by atoms with Crippen LogP contribution in [-0.4, -0.2) is 23.6 Å². The number of ether oxygens (including phenoxy) is 1. The lowest BCUT2D eigenvalue weighted by atomic mass is 9.90. The van der Waals surface area contributed by atoms with Crippen LogP contribution in [0.25, 0.3) is 0 Å². The fraction of sp³-hybridized carbons (Fsp3) is 0.400. The molecule has 0 spiro atoms. The smallest absolute Gasteiger partial charge is 0.191 e. The maximum Gasteiger partial charge on any atom is 0.191 e. The number of pyridine rings is 1. The molecule has 1 aliphatic rings. The number of nitrogens with zero attached hydrogens (tertiary/aromatic N) is 2. The number of aryl methyl sites for hydroxylation is 1. The molecule has 0 saturated heterocycles. The first-order chi connectivity index (χ1) is 12.0. The van der Waals surface area contributed by atoms with Crippen molar-refractivity contribution < 1.29 is 4.74 Å². The van der Waals surface area contributed by atoms with E-state index in [2.05, 4.69) is 53.5 Å². The number of fused-ring (bicyclic) bond motifs is 1. The van der Waals surface area contributed by atoms with E-state index in [1.807, 2.05) is 30.5 Å². The summed E-state index contributed by atoms with van der Waals surface area (Å²) >= 11 is 0. The molecule has 2 N–H and O–H groups in total. The molecule has 6 heteroatoms. The predicted octanol–water partition coefficient (Wildman–Crippen LogP) is 3.98. The van der Waals surface area contributed by atoms with Gasteiger partial charge in [0.15, 0.2) is 5.96 Å². The Morgan fingerprint density at radius 3 is 2.77 bits per heavy atom. The molecule has 1 aromatic heterocycles. The van der Waals surface area contributed by atoms with Crippen molar-refractivity contribution in [3.05, 3.63) is 59.4 Å². The van der Waals surface area contributed by atoms with Gasteiger partial charge in [-0.3, -0.25) is 9.98 Å². The molecule has 0 aliphatic carbocycles. The highest BCUT2D eigenvalue weighted by molar-refractivity contribution is 14.0. The molecule has 26 heavy (non-hydrogen) atoms. The van der Waals surface area contributed by atoms with Gasteiger partial charge in [-0.1, -0.05) is 24.3 Å². The van der Waals surface area contributed by atoms with Crippen molar-refractivity contribution in [3.8, 4) is 5.75 Å². The molecule has 140 valence electrons. The van der Waals surface area contributed by atoms with E-state index in [-0.39, 0.29) is 35.6 Å². The lowest BCUT2D eigenvalue weighted by Crippen LogP contribution is -2.45. The van der Waals surface area contributed by atoms with Crippen molar-refractivity contribution in [1.82, 2.24) is 15.6 Å². The van der Waals surface area contributed by atoms with Crippen molar-refractivity contribution in [2.45, 2.75) is 45.4 Å². The van der Waals surface area contributed by atoms with Gasteiger partial charge in [0.05, 0.1) is 18.3 Å². The number of hydrogen-bond acceptors (Lipinski definition) is 3. The molecule has 5 nitrogen and oxygen atoms in total. The molecule has 0 fully saturated rings. The van der Waals surface area contributed by atoms with Crippen LogP contribution >= 0.6 is 24.0 Å². The second-order valence-electron chi connectivity index (χ2n) is 6.99. The number of aromatic nitrogens is 1. The minimum atomic E-state index is -0.220. The Bertz CT molecular complexity index is 776. The van der Waals surface area contributed by atoms with Gasteiger partial charge < -0.3 is 15.4 Å². The number of hydrogen-bond donors (Lipinski definition) is 2. The summed E-state index contributed by atoms with van der Waals surface area (Å²) in [5, 5.41) is 6.91. The van der Waals surface area contributed by atoms with E-state index in [1.165, 1.54) is 11.1 Å². The lowest BCUT2D eigenvalue weighted by Gasteiger charge is -2.38. The maximum atomic E-state index is 6.10. The monoisotopic (exact) mass is 466 g/mol. The Labute approximate surface area is 172 Å². The highest BCUT2D eigenvalue weighted by Gasteiger charge is 2.33. The first kappa shape index (κ1) is 20.5. The number of para-hydroxylation sites is 1. The highest BCUT2D eigenvalue weighted by atomic mass is 127. The minimum absolute atomic E-state index is 0. The van der Waals surface area contributed by atoms with E-state index < -0.39 is 0 Å². The number of aliphatic imine (C=N–C) groups is 1. The molecular formula is C20H27IN4O. The van der Waals surface area contributed by atoms with Crippen molar-refractivity contribution in [3.63, 3.8) is 0 Å². The largest absolute Gasteiger partial charge is 0.487 e. The zero-order chi connectivity index (χ0) is 17.9. The topological polar surface area (TPSA) is 58.5 Å². The number of benzene rings is 1. The second-order valence-corrected chi connectivity index (χ2v) is 6.99. The molecule has 2 heterocycles. The summed E-state index contributed by atoms with van der Waals surface area (Å²) in [7, 11) is 1.79. The highest BCUT2D eigenvalue weighted by Crippen LogP contribution is 2.39. The first-order valence-electron chi connectivity index (χ1n) is 8.64. The summed E-state index contributed by atoms with van der Waals surface area (Å²) in [6.07, 6.45) is 2.69. The summed E-state index contributed by atoms with van der Waals surface area (Å²) in [5.41, 5.74) is 3.14. The van der Waals surface area contributed by atoms with E-state index in [4.69, 9.17) is 4.74 Å². The van der Waals surface area contributed by atoms with Gasteiger partial charge in [-0.15, -0.1) is 24.0 Å². The number of nitrogens with one attached hydrogen (secondary N) is 2. The molecule has 1 aromatic carbocycles. The predicted molar refractivity (Wildman–Crippen MR) is 116 cm³/mol. The SMILES string of the molecule is CN=C(NCc1ncccc1C)NC1CC(C)(C)Oc2ccccc21.I. The van der Waals surface area contributed by atoms with Crippen molar-refractivity contribution >= 4 is 29.9 Å². The Balaban J connectivity index is 0.00000243. The maximum absolute atomic E-state index is 6.10. The van der Waals surface area contributed by atoms with Crippen LogP contribution in [0.3, 0.4) is 0 Å². The van der Waals surface area contributed by atoms with Crippen LogP contribution in [0.4, 0.5) is 0 Å². The third-order valence-corrected chi connectivity index (χ3v) is 4.45. The summed E-state index contributed by atoms with van der Waals surface area (Å²) in [4.78, 5) is 8.80. The summed E-state index contributed by atoms with van der Waals surface area (Å²) in [6, 6.07) is 12.4. The zero-order valence-electron chi connectivity index (χ0n) is 15.7. The van der Waals surface area contributed by atoms with Crippen LogP contribution in [-0.2, 0) is 6.54 Å². The Kier molecular flexibility index (Phi) is 6.86. The molecule has 0 bridgehead atoms. The summed E-state index contributed by atoms with van der Waals surface area (Å²) in [6.45, 7) is 6.94. The van der Waals surface area contributed by atoms with Gasteiger partial charge in [-0.2, -0.15) is 0 Å². The summed E-state index contributed by atoms with van der Waals surface area (Å²) in [5.74, 6) is 1.70. The van der Waals surface area contributed by atoms with Crippen LogP contribution in [0.15, 0.2) is 47.6 Å². The lowest BCUT2D eigenvalue weighted by molar-refractivity contribution is 0.0694. The Morgan fingerprint density at radius 2 is 2.04 bits per heavy atom. The molecular weight excluding hydrogens is 439 g/mol. The molecule has 3 rings (SSSR count). The van der Waals surface area contributed by atoms with Gasteiger partial charge in [0, 0.05) is 25.2 Å². The number of guanidine groups is 1. The third-order valence-electron chi connectivity index (χ3n) is 4.45. The molecule has 1 aliphatic heterocycles. The van der Waals surface area contributed by atoms with E-state index >= 15 is 0 Å². The molecule has 1 atom stereocenters. The normalized spacial score (nSPS) is 18.2. The van der Waals surface area contributed by atoms with Gasteiger partial charge in [0.2, 0.25) is 0 Å². The summed E-state index contributed by atoms with van der Waals surface area (Å²) < 4.78 is 6.10. The molecule has 0 saturated carbocycles. The van der Waals surface area contributed by atoms with Crippen LogP contribution in [0, 0.1) is 6.92 Å². The van der Waals surface area contributed by atoms with Crippen LogP contribution in [0.1, 0.15) is 43.1 Å². The quantitative estimate of drug-likeness (QED) is 0.408. The van der Waals surface area contributed by atoms with Gasteiger partial charge >= 0.3 is 0 Å². The number of halogens is 1. The third kappa shape index (κ3) is 4.87. The first-order valence-corrected chi connectivity index (χ1v) is 8.64. The zero-order valence-corrected chi connectivity index (χ0v) is 18.1. The van der Waals surface area contributed by atoms with Crippen molar-refractivity contribution in [1.29, 1.82) is 0 Å². The fourth-order valence-corrected chi connectivity index (χ4v) is 3.16. The van der Waals surface area contributed by atoms with Crippen LogP contribution in [0.2, 0.25) is 0 Å². The Hall–Kier alpha value is -1.83. The van der Waals surface area contributed by atoms with Crippen LogP contribution < -0.4 is 15.4 Å². The average Bonchev–Trinajstić information content (AvgIpc) is 2.58. The molecule has 2 aromatic rings. The van der Waals surface area contributed by atoms with Crippen molar-refractivity contribution in [2.24, 2.45) is 4.99 Å². The van der Waals surface area contributed by atoms with Gasteiger partial charge in [-0.05, 0) is 38.5 Å². The van der Waals surface area contributed by atoms with E-state index in [1.54, 1.807) is 7.05 Å². The number of rotatable bonds is 3. The second kappa shape index (κ2) is 8.70. The van der Waals surface area contributed by atoms with Crippen LogP contribution in [0.5, 0.6) is 5.75 Å². The molecule has 1 unspecified atom stereocenters. The average molecular weight is 466 g/mol. The van der Waals surface area contributed by atoms with Gasteiger partial charge in [0.1, 0.15) is 11.4 Å².